The maximum Gasteiger partial charge on any atom is 0.0537 e. The third-order valence-corrected chi connectivity index (χ3v) is 4.91. The minimum atomic E-state index is 0.682. The first kappa shape index (κ1) is 11.5. The Kier molecular flexibility index (Phi) is 5.29. The standard InChI is InChI=1S/C10H13BrS2/c1-12-10(13-2)7-8-3-5-9(11)6-4-8/h3-6,10H,7H2,1-2H3. The molecule has 0 aliphatic carbocycles. The molecule has 0 N–H and O–H groups in total. The van der Waals surface area contributed by atoms with Crippen molar-refractivity contribution in [2.45, 2.75) is 11.0 Å². The summed E-state index contributed by atoms with van der Waals surface area (Å²) in [6.07, 6.45) is 5.48. The van der Waals surface area contributed by atoms with Gasteiger partial charge in [0.2, 0.25) is 0 Å². The van der Waals surface area contributed by atoms with Crippen molar-refractivity contribution in [1.82, 2.24) is 0 Å². The summed E-state index contributed by atoms with van der Waals surface area (Å²) in [5.74, 6) is 0. The first-order valence-electron chi connectivity index (χ1n) is 4.06. The Labute approximate surface area is 97.0 Å². The lowest BCUT2D eigenvalue weighted by molar-refractivity contribution is 1.11. The van der Waals surface area contributed by atoms with Crippen LogP contribution in [-0.2, 0) is 6.42 Å². The Bertz CT molecular complexity index is 242. The molecule has 1 aromatic carbocycles. The zero-order chi connectivity index (χ0) is 9.68. The van der Waals surface area contributed by atoms with Crippen molar-refractivity contribution in [3.63, 3.8) is 0 Å². The molecule has 1 aromatic rings. The van der Waals surface area contributed by atoms with Gasteiger partial charge in [0.15, 0.2) is 0 Å². The minimum absolute atomic E-state index is 0.682. The summed E-state index contributed by atoms with van der Waals surface area (Å²) in [6.45, 7) is 0. The maximum absolute atomic E-state index is 3.44. The molecule has 0 amide bonds. The molecule has 0 aromatic heterocycles. The van der Waals surface area contributed by atoms with Gasteiger partial charge < -0.3 is 0 Å². The summed E-state index contributed by atoms with van der Waals surface area (Å²) in [4.78, 5) is 0. The molecule has 0 unspecified atom stereocenters. The van der Waals surface area contributed by atoms with Crippen molar-refractivity contribution in [2.75, 3.05) is 12.5 Å². The topological polar surface area (TPSA) is 0 Å². The molecule has 0 saturated heterocycles. The van der Waals surface area contributed by atoms with Crippen LogP contribution in [0, 0.1) is 0 Å². The van der Waals surface area contributed by atoms with Crippen LogP contribution in [0.1, 0.15) is 5.56 Å². The molecule has 0 bridgehead atoms. The third-order valence-electron chi connectivity index (χ3n) is 1.84. The maximum atomic E-state index is 3.44. The van der Waals surface area contributed by atoms with E-state index in [0.29, 0.717) is 4.58 Å². The second-order valence-electron chi connectivity index (χ2n) is 2.73. The van der Waals surface area contributed by atoms with Crippen molar-refractivity contribution in [3.8, 4) is 0 Å². The number of halogens is 1. The van der Waals surface area contributed by atoms with E-state index in [1.807, 2.05) is 23.5 Å². The summed E-state index contributed by atoms with van der Waals surface area (Å²) in [5, 5.41) is 0. The van der Waals surface area contributed by atoms with E-state index in [9.17, 15) is 0 Å². The van der Waals surface area contributed by atoms with Crippen molar-refractivity contribution in [2.24, 2.45) is 0 Å². The second kappa shape index (κ2) is 5.99. The zero-order valence-electron chi connectivity index (χ0n) is 7.79. The monoisotopic (exact) mass is 276 g/mol. The van der Waals surface area contributed by atoms with Crippen molar-refractivity contribution < 1.29 is 0 Å². The lowest BCUT2D eigenvalue weighted by Crippen LogP contribution is -2.00. The molecule has 0 aliphatic rings. The first-order chi connectivity index (χ1) is 6.26. The average molecular weight is 277 g/mol. The molecule has 0 aliphatic heterocycles. The van der Waals surface area contributed by atoms with Gasteiger partial charge in [0.1, 0.15) is 0 Å². The number of hydrogen-bond donors (Lipinski definition) is 0. The number of rotatable bonds is 4. The summed E-state index contributed by atoms with van der Waals surface area (Å²) in [7, 11) is 0. The van der Waals surface area contributed by atoms with Crippen molar-refractivity contribution >= 4 is 39.5 Å². The van der Waals surface area contributed by atoms with E-state index in [1.54, 1.807) is 0 Å². The van der Waals surface area contributed by atoms with Crippen molar-refractivity contribution in [1.29, 1.82) is 0 Å². The van der Waals surface area contributed by atoms with Gasteiger partial charge in [-0.1, -0.05) is 28.1 Å². The molecular formula is C10H13BrS2. The van der Waals surface area contributed by atoms with Gasteiger partial charge in [0.05, 0.1) is 4.58 Å². The summed E-state index contributed by atoms with van der Waals surface area (Å²) in [5.41, 5.74) is 1.41. The highest BCUT2D eigenvalue weighted by molar-refractivity contribution is 9.10. The molecule has 13 heavy (non-hydrogen) atoms. The summed E-state index contributed by atoms with van der Waals surface area (Å²) >= 11 is 7.28. The first-order valence-corrected chi connectivity index (χ1v) is 7.43. The van der Waals surface area contributed by atoms with E-state index in [2.05, 4.69) is 52.7 Å². The SMILES string of the molecule is CSC(Cc1ccc(Br)cc1)SC. The van der Waals surface area contributed by atoms with Gasteiger partial charge in [-0.25, -0.2) is 0 Å². The highest BCUT2D eigenvalue weighted by Gasteiger charge is 2.05. The van der Waals surface area contributed by atoms with E-state index < -0.39 is 0 Å². The van der Waals surface area contributed by atoms with E-state index in [4.69, 9.17) is 0 Å². The molecule has 0 spiro atoms. The molecule has 0 saturated carbocycles. The number of thioether (sulfide) groups is 2. The minimum Gasteiger partial charge on any atom is -0.151 e. The third kappa shape index (κ3) is 3.96. The number of hydrogen-bond acceptors (Lipinski definition) is 2. The van der Waals surface area contributed by atoms with E-state index >= 15 is 0 Å². The van der Waals surface area contributed by atoms with Crippen LogP contribution in [0.2, 0.25) is 0 Å². The van der Waals surface area contributed by atoms with Gasteiger partial charge in [-0.05, 0) is 36.6 Å². The molecule has 0 fully saturated rings. The Morgan fingerprint density at radius 2 is 1.69 bits per heavy atom. The van der Waals surface area contributed by atoms with Crippen LogP contribution in [0.25, 0.3) is 0 Å². The molecule has 0 atom stereocenters. The fraction of sp³-hybridized carbons (Fsp3) is 0.400. The van der Waals surface area contributed by atoms with Gasteiger partial charge >= 0.3 is 0 Å². The largest absolute Gasteiger partial charge is 0.151 e. The molecule has 0 nitrogen and oxygen atoms in total. The fourth-order valence-electron chi connectivity index (χ4n) is 1.08. The molecule has 0 heterocycles. The van der Waals surface area contributed by atoms with Crippen LogP contribution < -0.4 is 0 Å². The fourth-order valence-corrected chi connectivity index (χ4v) is 2.83. The highest BCUT2D eigenvalue weighted by Crippen LogP contribution is 2.23. The van der Waals surface area contributed by atoms with Crippen LogP contribution in [0.4, 0.5) is 0 Å². The average Bonchev–Trinajstić information content (AvgIpc) is 2.17. The van der Waals surface area contributed by atoms with Crippen molar-refractivity contribution in [3.05, 3.63) is 34.3 Å². The zero-order valence-corrected chi connectivity index (χ0v) is 11.0. The van der Waals surface area contributed by atoms with Gasteiger partial charge in [-0.2, -0.15) is 23.5 Å². The lowest BCUT2D eigenvalue weighted by atomic mass is 10.2. The Morgan fingerprint density at radius 1 is 1.15 bits per heavy atom. The van der Waals surface area contributed by atoms with Gasteiger partial charge in [0.25, 0.3) is 0 Å². The summed E-state index contributed by atoms with van der Waals surface area (Å²) in [6, 6.07) is 8.58. The molecule has 1 rings (SSSR count). The predicted molar refractivity (Wildman–Crippen MR) is 68.7 cm³/mol. The highest BCUT2D eigenvalue weighted by atomic mass is 79.9. The normalized spacial score (nSPS) is 10.8. The van der Waals surface area contributed by atoms with Gasteiger partial charge in [-0.15, -0.1) is 0 Å². The van der Waals surface area contributed by atoms with E-state index in [-0.39, 0.29) is 0 Å². The molecule has 0 radical (unpaired) electrons. The van der Waals surface area contributed by atoms with Crippen LogP contribution in [0.3, 0.4) is 0 Å². The molecule has 72 valence electrons. The van der Waals surface area contributed by atoms with Gasteiger partial charge in [-0.3, -0.25) is 0 Å². The second-order valence-corrected chi connectivity index (χ2v) is 6.03. The Morgan fingerprint density at radius 3 is 2.15 bits per heavy atom. The Hall–Kier alpha value is 0.400. The van der Waals surface area contributed by atoms with Gasteiger partial charge in [0, 0.05) is 4.47 Å². The van der Waals surface area contributed by atoms with E-state index in [1.165, 1.54) is 5.56 Å². The van der Waals surface area contributed by atoms with Crippen LogP contribution in [0.5, 0.6) is 0 Å². The summed E-state index contributed by atoms with van der Waals surface area (Å²) < 4.78 is 1.84. The lowest BCUT2D eigenvalue weighted by Gasteiger charge is -2.10. The molecular weight excluding hydrogens is 264 g/mol. The smallest absolute Gasteiger partial charge is 0.0537 e. The quantitative estimate of drug-likeness (QED) is 0.762. The van der Waals surface area contributed by atoms with E-state index in [0.717, 1.165) is 10.9 Å². The van der Waals surface area contributed by atoms with Crippen LogP contribution in [0.15, 0.2) is 28.7 Å². The number of benzene rings is 1. The predicted octanol–water partition coefficient (Wildman–Crippen LogP) is 4.04. The Balaban J connectivity index is 2.58. The van der Waals surface area contributed by atoms with Crippen LogP contribution in [-0.4, -0.2) is 17.1 Å². The molecule has 3 heteroatoms. The van der Waals surface area contributed by atoms with Crippen LogP contribution >= 0.6 is 39.5 Å².